The molecular weight excluding hydrogens is 358 g/mol. The molecule has 1 fully saturated rings. The summed E-state index contributed by atoms with van der Waals surface area (Å²) in [6.07, 6.45) is 0. The van der Waals surface area contributed by atoms with Crippen LogP contribution in [0.1, 0.15) is 11.1 Å². The first-order valence-corrected chi connectivity index (χ1v) is 8.93. The summed E-state index contributed by atoms with van der Waals surface area (Å²) in [6.45, 7) is 3.67. The Morgan fingerprint density at radius 2 is 1.82 bits per heavy atom. The number of imide groups is 1. The molecule has 0 radical (unpaired) electrons. The second-order valence-electron chi connectivity index (χ2n) is 6.91. The molecular formula is C20H19N5O3. The molecule has 1 N–H and O–H groups in total. The van der Waals surface area contributed by atoms with E-state index in [1.54, 1.807) is 30.3 Å². The van der Waals surface area contributed by atoms with E-state index in [4.69, 9.17) is 0 Å². The van der Waals surface area contributed by atoms with Crippen molar-refractivity contribution in [1.29, 1.82) is 0 Å². The molecule has 0 spiro atoms. The van der Waals surface area contributed by atoms with Crippen LogP contribution in [-0.4, -0.2) is 41.4 Å². The molecule has 2 atom stereocenters. The summed E-state index contributed by atoms with van der Waals surface area (Å²) in [5.74, 6) is -1.18. The normalized spacial score (nSPS) is 20.6. The average Bonchev–Trinajstić information content (AvgIpc) is 3.19. The van der Waals surface area contributed by atoms with E-state index in [2.05, 4.69) is 15.7 Å². The zero-order chi connectivity index (χ0) is 19.8. The number of fused-ring (bicyclic) bond motifs is 1. The van der Waals surface area contributed by atoms with Crippen molar-refractivity contribution in [3.63, 3.8) is 0 Å². The summed E-state index contributed by atoms with van der Waals surface area (Å²) >= 11 is 0. The second-order valence-corrected chi connectivity index (χ2v) is 6.91. The van der Waals surface area contributed by atoms with E-state index in [1.165, 1.54) is 5.01 Å². The molecule has 2 aromatic rings. The van der Waals surface area contributed by atoms with Gasteiger partial charge in [0.15, 0.2) is 12.1 Å². The van der Waals surface area contributed by atoms with Crippen molar-refractivity contribution in [2.75, 3.05) is 16.8 Å². The maximum absolute atomic E-state index is 12.9. The van der Waals surface area contributed by atoms with Gasteiger partial charge in [0.1, 0.15) is 6.54 Å². The Morgan fingerprint density at radius 1 is 1.07 bits per heavy atom. The number of nitrogens with zero attached hydrogens (tertiary/aromatic N) is 4. The molecule has 2 aromatic carbocycles. The summed E-state index contributed by atoms with van der Waals surface area (Å²) < 4.78 is 0. The number of aryl methyl sites for hydroxylation is 2. The molecule has 8 nitrogen and oxygen atoms in total. The Kier molecular flexibility index (Phi) is 4.38. The van der Waals surface area contributed by atoms with Crippen LogP contribution < -0.4 is 10.2 Å². The molecule has 0 aromatic heterocycles. The molecule has 0 aliphatic carbocycles. The van der Waals surface area contributed by atoms with Crippen LogP contribution in [0.5, 0.6) is 0 Å². The van der Waals surface area contributed by atoms with Gasteiger partial charge in [0, 0.05) is 5.69 Å². The van der Waals surface area contributed by atoms with Crippen molar-refractivity contribution in [2.24, 2.45) is 10.3 Å². The molecule has 2 aliphatic rings. The summed E-state index contributed by atoms with van der Waals surface area (Å²) in [7, 11) is 0. The Bertz CT molecular complexity index is 989. The number of carbonyl (C=O) groups excluding carboxylic acids is 3. The lowest BCUT2D eigenvalue weighted by Crippen LogP contribution is -2.43. The van der Waals surface area contributed by atoms with Crippen LogP contribution in [0.15, 0.2) is 58.9 Å². The molecule has 8 heteroatoms. The van der Waals surface area contributed by atoms with Gasteiger partial charge in [-0.2, -0.15) is 5.11 Å². The molecule has 2 aliphatic heterocycles. The second kappa shape index (κ2) is 6.88. The minimum absolute atomic E-state index is 0.167. The molecule has 2 heterocycles. The number of rotatable bonds is 4. The standard InChI is InChI=1S/C20H19N5O3/c1-12-8-9-13(2)15(10-12)21-16(26)11-24-18-17(22-23-24)19(27)25(20(18)28)14-6-4-3-5-7-14/h3-10,17-18H,11H2,1-2H3,(H,21,26). The number of carbonyl (C=O) groups is 3. The molecule has 3 amide bonds. The first-order valence-electron chi connectivity index (χ1n) is 8.93. The lowest BCUT2D eigenvalue weighted by Gasteiger charge is -2.20. The number of benzene rings is 2. The Balaban J connectivity index is 1.49. The maximum Gasteiger partial charge on any atom is 0.263 e. The molecule has 1 saturated heterocycles. The van der Waals surface area contributed by atoms with E-state index in [0.29, 0.717) is 11.4 Å². The lowest BCUT2D eigenvalue weighted by molar-refractivity contribution is -0.123. The number of hydrogen-bond donors (Lipinski definition) is 1. The van der Waals surface area contributed by atoms with E-state index in [1.807, 2.05) is 32.0 Å². The zero-order valence-corrected chi connectivity index (χ0v) is 15.5. The van der Waals surface area contributed by atoms with Crippen molar-refractivity contribution >= 4 is 29.1 Å². The maximum atomic E-state index is 12.9. The van der Waals surface area contributed by atoms with Crippen LogP contribution in [0.3, 0.4) is 0 Å². The van der Waals surface area contributed by atoms with Crippen LogP contribution in [0, 0.1) is 13.8 Å². The fraction of sp³-hybridized carbons (Fsp3) is 0.250. The van der Waals surface area contributed by atoms with Crippen LogP contribution >= 0.6 is 0 Å². The summed E-state index contributed by atoms with van der Waals surface area (Å²) in [5.41, 5.74) is 3.15. The van der Waals surface area contributed by atoms with Crippen molar-refractivity contribution in [3.8, 4) is 0 Å². The van der Waals surface area contributed by atoms with E-state index in [-0.39, 0.29) is 12.5 Å². The first-order chi connectivity index (χ1) is 13.5. The Morgan fingerprint density at radius 3 is 2.57 bits per heavy atom. The van der Waals surface area contributed by atoms with Crippen molar-refractivity contribution in [2.45, 2.75) is 25.9 Å². The van der Waals surface area contributed by atoms with Gasteiger partial charge in [-0.05, 0) is 43.2 Å². The minimum atomic E-state index is -0.916. The molecule has 142 valence electrons. The molecule has 0 saturated carbocycles. The van der Waals surface area contributed by atoms with Gasteiger partial charge in [-0.3, -0.25) is 19.4 Å². The lowest BCUT2D eigenvalue weighted by atomic mass is 10.1. The van der Waals surface area contributed by atoms with Gasteiger partial charge < -0.3 is 5.32 Å². The summed E-state index contributed by atoms with van der Waals surface area (Å²) in [6, 6.07) is 12.6. The largest absolute Gasteiger partial charge is 0.324 e. The monoisotopic (exact) mass is 377 g/mol. The fourth-order valence-corrected chi connectivity index (χ4v) is 3.39. The third-order valence-corrected chi connectivity index (χ3v) is 4.85. The highest BCUT2D eigenvalue weighted by molar-refractivity contribution is 6.25. The third kappa shape index (κ3) is 3.02. The SMILES string of the molecule is Cc1ccc(C)c(NC(=O)CN2N=NC3C(=O)N(c4ccccc4)C(=O)C32)c1. The van der Waals surface area contributed by atoms with Crippen molar-refractivity contribution in [3.05, 3.63) is 59.7 Å². The van der Waals surface area contributed by atoms with Crippen LogP contribution in [0.25, 0.3) is 0 Å². The van der Waals surface area contributed by atoms with E-state index in [9.17, 15) is 14.4 Å². The highest BCUT2D eigenvalue weighted by Gasteiger charge is 2.55. The van der Waals surface area contributed by atoms with Crippen molar-refractivity contribution < 1.29 is 14.4 Å². The van der Waals surface area contributed by atoms with Crippen LogP contribution in [0.2, 0.25) is 0 Å². The van der Waals surface area contributed by atoms with Gasteiger partial charge >= 0.3 is 0 Å². The predicted molar refractivity (Wildman–Crippen MR) is 103 cm³/mol. The number of amides is 3. The van der Waals surface area contributed by atoms with Gasteiger partial charge in [-0.25, -0.2) is 4.90 Å². The number of para-hydroxylation sites is 1. The average molecular weight is 377 g/mol. The van der Waals surface area contributed by atoms with Gasteiger partial charge in [-0.1, -0.05) is 35.6 Å². The summed E-state index contributed by atoms with van der Waals surface area (Å²) in [4.78, 5) is 39.1. The topological polar surface area (TPSA) is 94.4 Å². The third-order valence-electron chi connectivity index (χ3n) is 4.85. The first kappa shape index (κ1) is 17.8. The van der Waals surface area contributed by atoms with Gasteiger partial charge in [-0.15, -0.1) is 0 Å². The van der Waals surface area contributed by atoms with Gasteiger partial charge in [0.2, 0.25) is 5.91 Å². The smallest absolute Gasteiger partial charge is 0.263 e. The molecule has 4 rings (SSSR count). The fourth-order valence-electron chi connectivity index (χ4n) is 3.39. The molecule has 0 bridgehead atoms. The number of nitrogens with one attached hydrogen (secondary N) is 1. The van der Waals surface area contributed by atoms with Crippen LogP contribution in [-0.2, 0) is 14.4 Å². The van der Waals surface area contributed by atoms with Crippen LogP contribution in [0.4, 0.5) is 11.4 Å². The van der Waals surface area contributed by atoms with Crippen molar-refractivity contribution in [1.82, 2.24) is 5.01 Å². The predicted octanol–water partition coefficient (Wildman–Crippen LogP) is 2.24. The minimum Gasteiger partial charge on any atom is -0.324 e. The highest BCUT2D eigenvalue weighted by Crippen LogP contribution is 2.31. The van der Waals surface area contributed by atoms with E-state index in [0.717, 1.165) is 16.0 Å². The Labute approximate surface area is 161 Å². The highest BCUT2D eigenvalue weighted by atomic mass is 16.2. The zero-order valence-electron chi connectivity index (χ0n) is 15.5. The van der Waals surface area contributed by atoms with E-state index < -0.39 is 23.9 Å². The van der Waals surface area contributed by atoms with Gasteiger partial charge in [0.05, 0.1) is 5.69 Å². The molecule has 2 unspecified atom stereocenters. The number of anilines is 2. The number of hydrogen-bond acceptors (Lipinski definition) is 6. The summed E-state index contributed by atoms with van der Waals surface area (Å²) in [5, 5.41) is 12.0. The van der Waals surface area contributed by atoms with E-state index >= 15 is 0 Å². The quantitative estimate of drug-likeness (QED) is 0.827. The van der Waals surface area contributed by atoms with Gasteiger partial charge in [0.25, 0.3) is 11.8 Å². The molecule has 28 heavy (non-hydrogen) atoms. The Hall–Kier alpha value is -3.55.